The average molecular weight is 310 g/mol. The maximum atomic E-state index is 10.5. The lowest BCUT2D eigenvalue weighted by Crippen LogP contribution is -2.13. The monoisotopic (exact) mass is 309 g/mol. The summed E-state index contributed by atoms with van der Waals surface area (Å²) in [6.07, 6.45) is 0.906. The molecule has 1 heterocycles. The number of nitrogen functional groups attached to an aromatic ring is 1. The van der Waals surface area contributed by atoms with E-state index in [-0.39, 0.29) is 6.04 Å². The van der Waals surface area contributed by atoms with Crippen LogP contribution in [-0.2, 0) is 0 Å². The molecule has 0 amide bonds. The molecule has 1 aromatic heterocycles. The lowest BCUT2D eigenvalue weighted by atomic mass is 10.0. The zero-order valence-electron chi connectivity index (χ0n) is 10.3. The number of aliphatic hydroxyl groups excluding tert-OH is 1. The number of hydrogen-bond donors (Lipinski definition) is 2. The molecular formula is C13H16BrN3O. The van der Waals surface area contributed by atoms with Gasteiger partial charge in [-0.2, -0.15) is 5.10 Å². The number of nitrogens with zero attached hydrogens (tertiary/aromatic N) is 2. The Morgan fingerprint density at radius 1 is 1.33 bits per heavy atom. The highest BCUT2D eigenvalue weighted by atomic mass is 79.9. The largest absolute Gasteiger partial charge is 0.398 e. The molecule has 0 aliphatic rings. The highest BCUT2D eigenvalue weighted by Gasteiger charge is 2.22. The Kier molecular flexibility index (Phi) is 3.73. The third-order valence-electron chi connectivity index (χ3n) is 2.83. The van der Waals surface area contributed by atoms with Crippen molar-refractivity contribution in [1.82, 2.24) is 9.78 Å². The Bertz CT molecular complexity index is 551. The molecule has 0 bridgehead atoms. The number of nitrogens with two attached hydrogens (primary N) is 1. The Hall–Kier alpha value is -1.33. The molecule has 0 radical (unpaired) electrons. The molecule has 5 heteroatoms. The Balaban J connectivity index is 2.49. The summed E-state index contributed by atoms with van der Waals surface area (Å²) < 4.78 is 2.58. The van der Waals surface area contributed by atoms with Gasteiger partial charge in [0.05, 0.1) is 16.4 Å². The summed E-state index contributed by atoms with van der Waals surface area (Å²) in [6, 6.07) is 7.48. The van der Waals surface area contributed by atoms with Gasteiger partial charge >= 0.3 is 0 Å². The fraction of sp³-hybridized carbons (Fsp3) is 0.308. The summed E-state index contributed by atoms with van der Waals surface area (Å²) in [5.74, 6) is 0. The van der Waals surface area contributed by atoms with E-state index in [0.29, 0.717) is 11.3 Å². The summed E-state index contributed by atoms with van der Waals surface area (Å²) in [4.78, 5) is 0. The second kappa shape index (κ2) is 5.12. The number of benzene rings is 1. The van der Waals surface area contributed by atoms with Gasteiger partial charge < -0.3 is 10.8 Å². The van der Waals surface area contributed by atoms with Gasteiger partial charge in [-0.15, -0.1) is 0 Å². The van der Waals surface area contributed by atoms with Crippen molar-refractivity contribution >= 4 is 21.6 Å². The van der Waals surface area contributed by atoms with Crippen LogP contribution in [0.5, 0.6) is 0 Å². The van der Waals surface area contributed by atoms with Gasteiger partial charge in [0, 0.05) is 17.3 Å². The van der Waals surface area contributed by atoms with Crippen LogP contribution in [-0.4, -0.2) is 14.9 Å². The summed E-state index contributed by atoms with van der Waals surface area (Å²) in [7, 11) is 0. The van der Waals surface area contributed by atoms with Crippen molar-refractivity contribution in [1.29, 1.82) is 0 Å². The van der Waals surface area contributed by atoms with Gasteiger partial charge in [0.25, 0.3) is 0 Å². The molecule has 96 valence electrons. The van der Waals surface area contributed by atoms with Gasteiger partial charge in [-0.05, 0) is 35.8 Å². The van der Waals surface area contributed by atoms with Gasteiger partial charge in [0.15, 0.2) is 0 Å². The minimum atomic E-state index is -0.787. The first-order valence-corrected chi connectivity index (χ1v) is 6.57. The fourth-order valence-corrected chi connectivity index (χ4v) is 2.42. The molecule has 0 fully saturated rings. The smallest absolute Gasteiger partial charge is 0.124 e. The molecule has 0 aliphatic carbocycles. The number of para-hydroxylation sites is 1. The van der Waals surface area contributed by atoms with Crippen LogP contribution in [0.1, 0.15) is 37.3 Å². The highest BCUT2D eigenvalue weighted by molar-refractivity contribution is 9.10. The van der Waals surface area contributed by atoms with Gasteiger partial charge in [-0.3, -0.25) is 4.68 Å². The van der Waals surface area contributed by atoms with E-state index in [0.717, 1.165) is 10.2 Å². The first-order chi connectivity index (χ1) is 8.52. The van der Waals surface area contributed by atoms with Crippen molar-refractivity contribution in [3.8, 4) is 0 Å². The van der Waals surface area contributed by atoms with Crippen molar-refractivity contribution in [2.24, 2.45) is 0 Å². The normalized spacial score (nSPS) is 12.9. The van der Waals surface area contributed by atoms with Crippen LogP contribution in [0.4, 0.5) is 5.69 Å². The molecule has 2 rings (SSSR count). The van der Waals surface area contributed by atoms with Crippen molar-refractivity contribution in [2.45, 2.75) is 26.0 Å². The van der Waals surface area contributed by atoms with Crippen LogP contribution in [0.25, 0.3) is 0 Å². The SMILES string of the molecule is CC(C)n1ncc(Br)c1C(O)c1ccccc1N. The van der Waals surface area contributed by atoms with E-state index in [1.54, 1.807) is 16.9 Å². The van der Waals surface area contributed by atoms with Crippen LogP contribution in [0.2, 0.25) is 0 Å². The first-order valence-electron chi connectivity index (χ1n) is 5.77. The molecule has 1 atom stereocenters. The highest BCUT2D eigenvalue weighted by Crippen LogP contribution is 2.32. The predicted octanol–water partition coefficient (Wildman–Crippen LogP) is 2.89. The van der Waals surface area contributed by atoms with Gasteiger partial charge in [-0.25, -0.2) is 0 Å². The number of halogens is 1. The lowest BCUT2D eigenvalue weighted by molar-refractivity contribution is 0.205. The van der Waals surface area contributed by atoms with Crippen LogP contribution >= 0.6 is 15.9 Å². The quantitative estimate of drug-likeness (QED) is 0.857. The van der Waals surface area contributed by atoms with E-state index >= 15 is 0 Å². The maximum Gasteiger partial charge on any atom is 0.124 e. The minimum absolute atomic E-state index is 0.172. The summed E-state index contributed by atoms with van der Waals surface area (Å²) in [6.45, 7) is 4.04. The predicted molar refractivity (Wildman–Crippen MR) is 75.2 cm³/mol. The molecule has 1 unspecified atom stereocenters. The lowest BCUT2D eigenvalue weighted by Gasteiger charge is -2.18. The molecule has 1 aromatic carbocycles. The molecule has 3 N–H and O–H groups in total. The van der Waals surface area contributed by atoms with E-state index in [1.165, 1.54) is 0 Å². The average Bonchev–Trinajstić information content (AvgIpc) is 2.71. The van der Waals surface area contributed by atoms with Crippen molar-refractivity contribution in [3.05, 3.63) is 46.2 Å². The van der Waals surface area contributed by atoms with E-state index in [9.17, 15) is 5.11 Å². The Morgan fingerprint density at radius 2 is 2.00 bits per heavy atom. The molecule has 4 nitrogen and oxygen atoms in total. The van der Waals surface area contributed by atoms with E-state index in [4.69, 9.17) is 5.73 Å². The molecule has 18 heavy (non-hydrogen) atoms. The second-order valence-corrected chi connectivity index (χ2v) is 5.30. The number of rotatable bonds is 3. The van der Waals surface area contributed by atoms with Crippen LogP contribution in [0, 0.1) is 0 Å². The van der Waals surface area contributed by atoms with Gasteiger partial charge in [-0.1, -0.05) is 18.2 Å². The number of aromatic nitrogens is 2. The summed E-state index contributed by atoms with van der Waals surface area (Å²) >= 11 is 3.42. The molecular weight excluding hydrogens is 294 g/mol. The molecule has 0 saturated heterocycles. The van der Waals surface area contributed by atoms with Crippen LogP contribution in [0.15, 0.2) is 34.9 Å². The summed E-state index contributed by atoms with van der Waals surface area (Å²) in [5, 5.41) is 14.8. The van der Waals surface area contributed by atoms with Crippen LogP contribution in [0.3, 0.4) is 0 Å². The molecule has 0 spiro atoms. The molecule has 0 aliphatic heterocycles. The van der Waals surface area contributed by atoms with Crippen molar-refractivity contribution < 1.29 is 5.11 Å². The fourth-order valence-electron chi connectivity index (χ4n) is 1.93. The van der Waals surface area contributed by atoms with E-state index in [1.807, 2.05) is 32.0 Å². The third-order valence-corrected chi connectivity index (χ3v) is 3.44. The van der Waals surface area contributed by atoms with Gasteiger partial charge in [0.2, 0.25) is 0 Å². The summed E-state index contributed by atoms with van der Waals surface area (Å²) in [5.41, 5.74) is 7.90. The number of aliphatic hydroxyl groups is 1. The number of hydrogen-bond acceptors (Lipinski definition) is 3. The van der Waals surface area contributed by atoms with Gasteiger partial charge in [0.1, 0.15) is 6.10 Å². The van der Waals surface area contributed by atoms with Crippen molar-refractivity contribution in [3.63, 3.8) is 0 Å². The van der Waals surface area contributed by atoms with Crippen LogP contribution < -0.4 is 5.73 Å². The second-order valence-electron chi connectivity index (χ2n) is 4.45. The zero-order valence-corrected chi connectivity index (χ0v) is 11.9. The van der Waals surface area contributed by atoms with E-state index < -0.39 is 6.10 Å². The van der Waals surface area contributed by atoms with E-state index in [2.05, 4.69) is 21.0 Å². The third kappa shape index (κ3) is 2.28. The minimum Gasteiger partial charge on any atom is -0.398 e. The maximum absolute atomic E-state index is 10.5. The van der Waals surface area contributed by atoms with Crippen molar-refractivity contribution in [2.75, 3.05) is 5.73 Å². The molecule has 2 aromatic rings. The Labute approximate surface area is 115 Å². The molecule has 0 saturated carbocycles. The first kappa shape index (κ1) is 13.1. The standard InChI is InChI=1S/C13H16BrN3O/c1-8(2)17-12(10(14)7-16-17)13(18)9-5-3-4-6-11(9)15/h3-8,13,18H,15H2,1-2H3. The zero-order chi connectivity index (χ0) is 13.3. The Morgan fingerprint density at radius 3 is 2.61 bits per heavy atom. The topological polar surface area (TPSA) is 64.1 Å². The number of anilines is 1.